The number of amides is 1. The minimum atomic E-state index is -0.832. The summed E-state index contributed by atoms with van der Waals surface area (Å²) in [5.74, 6) is 0. The number of carbonyl (C=O) groups is 1. The predicted molar refractivity (Wildman–Crippen MR) is 96.7 cm³/mol. The second-order valence-electron chi connectivity index (χ2n) is 7.61. The summed E-state index contributed by atoms with van der Waals surface area (Å²) >= 11 is 0. The normalized spacial score (nSPS) is 18.9. The quantitative estimate of drug-likeness (QED) is 0.866. The number of anilines is 1. The van der Waals surface area contributed by atoms with Gasteiger partial charge in [0.05, 0.1) is 17.2 Å². The highest BCUT2D eigenvalue weighted by atomic mass is 16.4. The summed E-state index contributed by atoms with van der Waals surface area (Å²) in [6, 6.07) is 10.3. The molecule has 1 aliphatic heterocycles. The van der Waals surface area contributed by atoms with Crippen molar-refractivity contribution < 1.29 is 9.90 Å². The van der Waals surface area contributed by atoms with E-state index < -0.39 is 6.09 Å². The van der Waals surface area contributed by atoms with Crippen LogP contribution in [0.3, 0.4) is 0 Å². The number of piperazine rings is 1. The third-order valence-electron chi connectivity index (χ3n) is 4.80. The molecule has 1 N–H and O–H groups in total. The van der Waals surface area contributed by atoms with Gasteiger partial charge in [-0.1, -0.05) is 39.0 Å². The maximum atomic E-state index is 11.6. The minimum absolute atomic E-state index is 0.0520. The zero-order chi connectivity index (χ0) is 17.5. The van der Waals surface area contributed by atoms with Crippen molar-refractivity contribution in [2.75, 3.05) is 24.5 Å². The summed E-state index contributed by atoms with van der Waals surface area (Å²) < 4.78 is 0. The molecule has 1 aliphatic rings. The molecule has 1 fully saturated rings. The van der Waals surface area contributed by atoms with Crippen LogP contribution in [-0.2, 0) is 0 Å². The van der Waals surface area contributed by atoms with E-state index in [1.807, 2.05) is 19.1 Å². The Morgan fingerprint density at radius 2 is 1.96 bits per heavy atom. The summed E-state index contributed by atoms with van der Waals surface area (Å²) in [5.41, 5.74) is 2.96. The molecule has 24 heavy (non-hydrogen) atoms. The van der Waals surface area contributed by atoms with Crippen LogP contribution in [0.15, 0.2) is 30.3 Å². The van der Waals surface area contributed by atoms with E-state index in [-0.39, 0.29) is 11.5 Å². The lowest BCUT2D eigenvalue weighted by Crippen LogP contribution is -2.59. The van der Waals surface area contributed by atoms with Crippen LogP contribution in [0.2, 0.25) is 0 Å². The van der Waals surface area contributed by atoms with E-state index in [1.165, 1.54) is 0 Å². The highest BCUT2D eigenvalue weighted by molar-refractivity contribution is 5.91. The second kappa shape index (κ2) is 5.96. The number of para-hydroxylation sites is 1. The molecule has 1 amide bonds. The molecule has 1 saturated heterocycles. The lowest BCUT2D eigenvalue weighted by molar-refractivity contribution is 0.0749. The first-order valence-electron chi connectivity index (χ1n) is 8.38. The standard InChI is InChI=1S/C19H25N3O2/c1-13-8-9-14-6-5-7-15(17(14)20-13)21-10-11-22(18(23)24)16(12-21)19(2,3)4/h5-9,16H,10-12H2,1-4H3,(H,23,24). The Kier molecular flexibility index (Phi) is 4.11. The van der Waals surface area contributed by atoms with Crippen LogP contribution >= 0.6 is 0 Å². The van der Waals surface area contributed by atoms with Crippen molar-refractivity contribution in [3.8, 4) is 0 Å². The van der Waals surface area contributed by atoms with Gasteiger partial charge in [0.1, 0.15) is 0 Å². The smallest absolute Gasteiger partial charge is 0.407 e. The highest BCUT2D eigenvalue weighted by Gasteiger charge is 2.38. The van der Waals surface area contributed by atoms with Crippen LogP contribution in [-0.4, -0.2) is 46.8 Å². The number of nitrogens with zero attached hydrogens (tertiary/aromatic N) is 3. The fourth-order valence-corrected chi connectivity index (χ4v) is 3.46. The molecule has 2 aromatic rings. The fourth-order valence-electron chi connectivity index (χ4n) is 3.46. The first-order valence-corrected chi connectivity index (χ1v) is 8.38. The summed E-state index contributed by atoms with van der Waals surface area (Å²) in [7, 11) is 0. The Hall–Kier alpha value is -2.30. The predicted octanol–water partition coefficient (Wildman–Crippen LogP) is 3.76. The average Bonchev–Trinajstić information content (AvgIpc) is 2.52. The Labute approximate surface area is 142 Å². The molecule has 1 atom stereocenters. The fraction of sp³-hybridized carbons (Fsp3) is 0.474. The van der Waals surface area contributed by atoms with Crippen molar-refractivity contribution in [2.24, 2.45) is 5.41 Å². The Morgan fingerprint density at radius 3 is 2.62 bits per heavy atom. The van der Waals surface area contributed by atoms with Gasteiger partial charge in [0.2, 0.25) is 0 Å². The van der Waals surface area contributed by atoms with Crippen LogP contribution < -0.4 is 4.90 Å². The monoisotopic (exact) mass is 327 g/mol. The number of fused-ring (bicyclic) bond motifs is 1. The molecule has 1 unspecified atom stereocenters. The van der Waals surface area contributed by atoms with E-state index in [4.69, 9.17) is 4.98 Å². The Bertz CT molecular complexity index is 767. The van der Waals surface area contributed by atoms with E-state index in [2.05, 4.69) is 43.9 Å². The molecule has 0 bridgehead atoms. The second-order valence-corrected chi connectivity index (χ2v) is 7.61. The average molecular weight is 327 g/mol. The highest BCUT2D eigenvalue weighted by Crippen LogP contribution is 2.32. The largest absolute Gasteiger partial charge is 0.465 e. The molecule has 3 rings (SSSR count). The van der Waals surface area contributed by atoms with Crippen LogP contribution in [0, 0.1) is 12.3 Å². The van der Waals surface area contributed by atoms with Gasteiger partial charge in [-0.25, -0.2) is 4.79 Å². The Morgan fingerprint density at radius 1 is 1.21 bits per heavy atom. The van der Waals surface area contributed by atoms with Crippen molar-refractivity contribution in [3.05, 3.63) is 36.0 Å². The molecule has 2 heterocycles. The van der Waals surface area contributed by atoms with Gasteiger partial charge in [-0.3, -0.25) is 4.98 Å². The van der Waals surface area contributed by atoms with Crippen molar-refractivity contribution in [2.45, 2.75) is 33.7 Å². The molecule has 128 valence electrons. The maximum Gasteiger partial charge on any atom is 0.407 e. The molecule has 1 aromatic carbocycles. The zero-order valence-electron chi connectivity index (χ0n) is 14.8. The molecule has 0 spiro atoms. The number of hydrogen-bond donors (Lipinski definition) is 1. The van der Waals surface area contributed by atoms with Gasteiger partial charge in [-0.15, -0.1) is 0 Å². The molecule has 5 heteroatoms. The molecule has 1 aromatic heterocycles. The number of aromatic nitrogens is 1. The van der Waals surface area contributed by atoms with Crippen molar-refractivity contribution >= 4 is 22.7 Å². The summed E-state index contributed by atoms with van der Waals surface area (Å²) in [6.07, 6.45) is -0.832. The third kappa shape index (κ3) is 3.03. The maximum absolute atomic E-state index is 11.6. The van der Waals surface area contributed by atoms with E-state index in [9.17, 15) is 9.90 Å². The number of benzene rings is 1. The summed E-state index contributed by atoms with van der Waals surface area (Å²) in [5, 5.41) is 10.6. The zero-order valence-corrected chi connectivity index (χ0v) is 14.8. The molecular formula is C19H25N3O2. The number of carboxylic acid groups (broad SMARTS) is 1. The van der Waals surface area contributed by atoms with Gasteiger partial charge in [-0.05, 0) is 24.5 Å². The van der Waals surface area contributed by atoms with Crippen molar-refractivity contribution in [1.29, 1.82) is 0 Å². The first kappa shape index (κ1) is 16.6. The molecule has 0 aliphatic carbocycles. The van der Waals surface area contributed by atoms with Crippen LogP contribution in [0.5, 0.6) is 0 Å². The lowest BCUT2D eigenvalue weighted by Gasteiger charge is -2.46. The number of hydrogen-bond acceptors (Lipinski definition) is 3. The SMILES string of the molecule is Cc1ccc2cccc(N3CCN(C(=O)O)C(C(C)(C)C)C3)c2n1. The molecule has 0 saturated carbocycles. The number of rotatable bonds is 1. The van der Waals surface area contributed by atoms with Gasteiger partial charge in [0.15, 0.2) is 0 Å². The topological polar surface area (TPSA) is 56.7 Å². The number of pyridine rings is 1. The van der Waals surface area contributed by atoms with Crippen LogP contribution in [0.1, 0.15) is 26.5 Å². The van der Waals surface area contributed by atoms with E-state index >= 15 is 0 Å². The molecule has 0 radical (unpaired) electrons. The van der Waals surface area contributed by atoms with Gasteiger partial charge in [0.25, 0.3) is 0 Å². The van der Waals surface area contributed by atoms with E-state index in [1.54, 1.807) is 4.90 Å². The first-order chi connectivity index (χ1) is 11.3. The van der Waals surface area contributed by atoms with E-state index in [0.717, 1.165) is 22.3 Å². The van der Waals surface area contributed by atoms with Gasteiger partial charge in [0, 0.05) is 30.7 Å². The van der Waals surface area contributed by atoms with Crippen molar-refractivity contribution in [1.82, 2.24) is 9.88 Å². The summed E-state index contributed by atoms with van der Waals surface area (Å²) in [6.45, 7) is 10.2. The number of aryl methyl sites for hydroxylation is 1. The molecule has 5 nitrogen and oxygen atoms in total. The third-order valence-corrected chi connectivity index (χ3v) is 4.80. The van der Waals surface area contributed by atoms with E-state index in [0.29, 0.717) is 19.6 Å². The molecular weight excluding hydrogens is 302 g/mol. The van der Waals surface area contributed by atoms with Crippen LogP contribution in [0.4, 0.5) is 10.5 Å². The summed E-state index contributed by atoms with van der Waals surface area (Å²) in [4.78, 5) is 20.2. The van der Waals surface area contributed by atoms with Crippen LogP contribution in [0.25, 0.3) is 10.9 Å². The lowest BCUT2D eigenvalue weighted by atomic mass is 9.84. The van der Waals surface area contributed by atoms with Crippen molar-refractivity contribution in [3.63, 3.8) is 0 Å². The van der Waals surface area contributed by atoms with Gasteiger partial charge >= 0.3 is 6.09 Å². The Balaban J connectivity index is 1.99. The minimum Gasteiger partial charge on any atom is -0.465 e. The van der Waals surface area contributed by atoms with Gasteiger partial charge in [-0.2, -0.15) is 0 Å². The van der Waals surface area contributed by atoms with Gasteiger partial charge < -0.3 is 14.9 Å².